The van der Waals surface area contributed by atoms with Gasteiger partial charge in [-0.1, -0.05) is 6.07 Å². The van der Waals surface area contributed by atoms with E-state index in [4.69, 9.17) is 0 Å². The third-order valence-electron chi connectivity index (χ3n) is 2.45. The zero-order valence-corrected chi connectivity index (χ0v) is 10.5. The molecular weight excluding hydrogens is 309 g/mol. The molecule has 0 aliphatic heterocycles. The molecule has 0 aromatic heterocycles. The van der Waals surface area contributed by atoms with E-state index in [9.17, 15) is 18.0 Å². The summed E-state index contributed by atoms with van der Waals surface area (Å²) in [6.45, 7) is 0. The fraction of sp³-hybridized carbons (Fsp3) is 0. The Morgan fingerprint density at radius 2 is 1.78 bits per heavy atom. The van der Waals surface area contributed by atoms with E-state index in [1.165, 1.54) is 12.1 Å². The fourth-order valence-corrected chi connectivity index (χ4v) is 1.96. The van der Waals surface area contributed by atoms with Crippen LogP contribution >= 0.6 is 15.9 Å². The molecule has 0 fully saturated rings. The number of hydrogen-bond donors (Lipinski definition) is 0. The van der Waals surface area contributed by atoms with Gasteiger partial charge in [0.2, 0.25) is 0 Å². The first-order chi connectivity index (χ1) is 8.54. The summed E-state index contributed by atoms with van der Waals surface area (Å²) in [6, 6.07) is 5.44. The van der Waals surface area contributed by atoms with Gasteiger partial charge in [0, 0.05) is 5.56 Å². The van der Waals surface area contributed by atoms with Crippen LogP contribution in [-0.2, 0) is 0 Å². The highest BCUT2D eigenvalue weighted by atomic mass is 79.9. The van der Waals surface area contributed by atoms with Gasteiger partial charge in [0.15, 0.2) is 6.29 Å². The van der Waals surface area contributed by atoms with E-state index in [2.05, 4.69) is 15.9 Å². The normalized spacial score (nSPS) is 10.4. The number of aldehydes is 1. The second-order valence-electron chi connectivity index (χ2n) is 3.57. The fourth-order valence-electron chi connectivity index (χ4n) is 1.63. The first-order valence-electron chi connectivity index (χ1n) is 4.93. The Morgan fingerprint density at radius 1 is 1.06 bits per heavy atom. The summed E-state index contributed by atoms with van der Waals surface area (Å²) >= 11 is 2.93. The molecule has 2 aromatic rings. The topological polar surface area (TPSA) is 17.1 Å². The maximum Gasteiger partial charge on any atom is 0.150 e. The molecule has 2 rings (SSSR count). The van der Waals surface area contributed by atoms with E-state index in [1.54, 1.807) is 0 Å². The molecule has 0 bridgehead atoms. The molecule has 0 aliphatic carbocycles. The second kappa shape index (κ2) is 4.94. The minimum atomic E-state index is -0.829. The Balaban J connectivity index is 2.77. The molecule has 0 aliphatic rings. The predicted molar refractivity (Wildman–Crippen MR) is 64.8 cm³/mol. The summed E-state index contributed by atoms with van der Waals surface area (Å²) in [5.41, 5.74) is -0.444. The van der Waals surface area contributed by atoms with Crippen molar-refractivity contribution in [2.45, 2.75) is 0 Å². The number of rotatable bonds is 2. The first-order valence-corrected chi connectivity index (χ1v) is 5.72. The van der Waals surface area contributed by atoms with Crippen LogP contribution in [0.3, 0.4) is 0 Å². The molecule has 0 unspecified atom stereocenters. The summed E-state index contributed by atoms with van der Waals surface area (Å²) in [5.74, 6) is -2.29. The van der Waals surface area contributed by atoms with E-state index in [0.29, 0.717) is 6.29 Å². The lowest BCUT2D eigenvalue weighted by molar-refractivity contribution is 0.112. The highest BCUT2D eigenvalue weighted by Crippen LogP contribution is 2.32. The van der Waals surface area contributed by atoms with Gasteiger partial charge in [-0.2, -0.15) is 0 Å². The number of benzene rings is 2. The molecule has 92 valence electrons. The van der Waals surface area contributed by atoms with E-state index in [0.717, 1.165) is 18.2 Å². The van der Waals surface area contributed by atoms with Crippen molar-refractivity contribution in [3.05, 3.63) is 57.8 Å². The monoisotopic (exact) mass is 314 g/mol. The van der Waals surface area contributed by atoms with Crippen LogP contribution in [0, 0.1) is 17.5 Å². The molecule has 0 amide bonds. The van der Waals surface area contributed by atoms with Crippen LogP contribution in [-0.4, -0.2) is 6.29 Å². The van der Waals surface area contributed by atoms with Crippen molar-refractivity contribution in [2.24, 2.45) is 0 Å². The summed E-state index contributed by atoms with van der Waals surface area (Å²) in [7, 11) is 0. The maximum atomic E-state index is 13.9. The zero-order chi connectivity index (χ0) is 13.3. The first kappa shape index (κ1) is 12.8. The largest absolute Gasteiger partial charge is 0.298 e. The average molecular weight is 315 g/mol. The Kier molecular flexibility index (Phi) is 3.52. The van der Waals surface area contributed by atoms with Crippen molar-refractivity contribution in [3.63, 3.8) is 0 Å². The Labute approximate surface area is 109 Å². The van der Waals surface area contributed by atoms with Gasteiger partial charge in [-0.3, -0.25) is 4.79 Å². The van der Waals surface area contributed by atoms with Crippen molar-refractivity contribution in [1.82, 2.24) is 0 Å². The smallest absolute Gasteiger partial charge is 0.150 e. The average Bonchev–Trinajstić information content (AvgIpc) is 2.36. The van der Waals surface area contributed by atoms with Gasteiger partial charge >= 0.3 is 0 Å². The summed E-state index contributed by atoms with van der Waals surface area (Å²) in [4.78, 5) is 10.8. The molecule has 0 atom stereocenters. The molecule has 0 N–H and O–H groups in total. The van der Waals surface area contributed by atoms with E-state index >= 15 is 0 Å². The highest BCUT2D eigenvalue weighted by Gasteiger charge is 2.17. The van der Waals surface area contributed by atoms with Crippen LogP contribution in [0.1, 0.15) is 10.4 Å². The van der Waals surface area contributed by atoms with Crippen LogP contribution < -0.4 is 0 Å². The van der Waals surface area contributed by atoms with Gasteiger partial charge in [-0.15, -0.1) is 0 Å². The molecule has 0 radical (unpaired) electrons. The standard InChI is InChI=1S/C13H6BrF3O/c14-10-3-4-11(16)12(13(10)17)9-2-1-8(15)5-7(9)6-18/h1-6H. The minimum absolute atomic E-state index is 0.0164. The lowest BCUT2D eigenvalue weighted by Gasteiger charge is -2.09. The SMILES string of the molecule is O=Cc1cc(F)ccc1-c1c(F)ccc(Br)c1F. The molecule has 0 spiro atoms. The summed E-state index contributed by atoms with van der Waals surface area (Å²) in [6.07, 6.45) is 0.359. The van der Waals surface area contributed by atoms with Crippen molar-refractivity contribution in [1.29, 1.82) is 0 Å². The van der Waals surface area contributed by atoms with Gasteiger partial charge in [0.1, 0.15) is 17.5 Å². The second-order valence-corrected chi connectivity index (χ2v) is 4.42. The molecule has 0 heterocycles. The maximum absolute atomic E-state index is 13.9. The molecule has 2 aromatic carbocycles. The number of halogens is 4. The number of carbonyl (C=O) groups excluding carboxylic acids is 1. The van der Waals surface area contributed by atoms with Gasteiger partial charge in [-0.25, -0.2) is 13.2 Å². The quantitative estimate of drug-likeness (QED) is 0.595. The zero-order valence-electron chi connectivity index (χ0n) is 8.88. The van der Waals surface area contributed by atoms with Crippen molar-refractivity contribution < 1.29 is 18.0 Å². The molecule has 0 saturated carbocycles. The Morgan fingerprint density at radius 3 is 2.44 bits per heavy atom. The number of carbonyl (C=O) groups is 1. The van der Waals surface area contributed by atoms with Crippen molar-refractivity contribution >= 4 is 22.2 Å². The van der Waals surface area contributed by atoms with Gasteiger partial charge in [-0.05, 0) is 45.8 Å². The van der Waals surface area contributed by atoms with Crippen LogP contribution in [0.15, 0.2) is 34.8 Å². The lowest BCUT2D eigenvalue weighted by atomic mass is 9.99. The Hall–Kier alpha value is -1.62. The van der Waals surface area contributed by atoms with Gasteiger partial charge < -0.3 is 0 Å². The van der Waals surface area contributed by atoms with Crippen LogP contribution in [0.5, 0.6) is 0 Å². The molecule has 0 saturated heterocycles. The summed E-state index contributed by atoms with van der Waals surface area (Å²) < 4.78 is 40.6. The predicted octanol–water partition coefficient (Wildman–Crippen LogP) is 4.35. The highest BCUT2D eigenvalue weighted by molar-refractivity contribution is 9.10. The van der Waals surface area contributed by atoms with Crippen LogP contribution in [0.2, 0.25) is 0 Å². The number of hydrogen-bond acceptors (Lipinski definition) is 1. The van der Waals surface area contributed by atoms with Crippen LogP contribution in [0.4, 0.5) is 13.2 Å². The van der Waals surface area contributed by atoms with Gasteiger partial charge in [0.05, 0.1) is 10.0 Å². The van der Waals surface area contributed by atoms with Gasteiger partial charge in [0.25, 0.3) is 0 Å². The molecule has 5 heteroatoms. The van der Waals surface area contributed by atoms with E-state index < -0.39 is 17.5 Å². The molecule has 1 nitrogen and oxygen atoms in total. The van der Waals surface area contributed by atoms with Crippen molar-refractivity contribution in [3.8, 4) is 11.1 Å². The molecule has 18 heavy (non-hydrogen) atoms. The third kappa shape index (κ3) is 2.18. The van der Waals surface area contributed by atoms with Crippen LogP contribution in [0.25, 0.3) is 11.1 Å². The van der Waals surface area contributed by atoms with E-state index in [1.807, 2.05) is 0 Å². The third-order valence-corrected chi connectivity index (χ3v) is 3.07. The minimum Gasteiger partial charge on any atom is -0.298 e. The Bertz CT molecular complexity index is 626. The summed E-state index contributed by atoms with van der Waals surface area (Å²) in [5, 5.41) is 0. The molecular formula is C13H6BrF3O. The van der Waals surface area contributed by atoms with Crippen molar-refractivity contribution in [2.75, 3.05) is 0 Å². The van der Waals surface area contributed by atoms with E-state index in [-0.39, 0.29) is 21.2 Å². The lowest BCUT2D eigenvalue weighted by Crippen LogP contribution is -1.96.